The molecule has 0 spiro atoms. The summed E-state index contributed by atoms with van der Waals surface area (Å²) >= 11 is 5.65. The van der Waals surface area contributed by atoms with Gasteiger partial charge in [-0.2, -0.15) is 0 Å². The van der Waals surface area contributed by atoms with Gasteiger partial charge < -0.3 is 5.11 Å². The molecule has 0 fully saturated rings. The lowest BCUT2D eigenvalue weighted by Gasteiger charge is -2.04. The van der Waals surface area contributed by atoms with Crippen molar-refractivity contribution in [3.63, 3.8) is 0 Å². The fraction of sp³-hybridized carbons (Fsp3) is 0. The highest BCUT2D eigenvalue weighted by molar-refractivity contribution is 6.31. The number of halogens is 2. The number of aromatic nitrogens is 1. The van der Waals surface area contributed by atoms with Gasteiger partial charge in [-0.25, -0.2) is 14.2 Å². The second kappa shape index (κ2) is 4.51. The van der Waals surface area contributed by atoms with Gasteiger partial charge in [-0.1, -0.05) is 23.7 Å². The highest BCUT2D eigenvalue weighted by atomic mass is 35.5. The molecule has 0 unspecified atom stereocenters. The minimum atomic E-state index is -1.16. The van der Waals surface area contributed by atoms with Crippen LogP contribution in [0.4, 0.5) is 4.39 Å². The maximum Gasteiger partial charge on any atom is 0.354 e. The Morgan fingerprint density at radius 2 is 1.94 bits per heavy atom. The summed E-state index contributed by atoms with van der Waals surface area (Å²) in [5.74, 6) is -1.77. The molecule has 0 aliphatic carbocycles. The van der Waals surface area contributed by atoms with E-state index in [1.54, 1.807) is 6.07 Å². The molecule has 0 radical (unpaired) electrons. The average Bonchev–Trinajstić information content (AvgIpc) is 2.33. The largest absolute Gasteiger partial charge is 0.477 e. The molecule has 0 saturated heterocycles. The van der Waals surface area contributed by atoms with Crippen LogP contribution in [0.5, 0.6) is 0 Å². The monoisotopic (exact) mass is 251 g/mol. The van der Waals surface area contributed by atoms with Gasteiger partial charge in [0.25, 0.3) is 0 Å². The Morgan fingerprint density at radius 3 is 2.65 bits per heavy atom. The highest BCUT2D eigenvalue weighted by Crippen LogP contribution is 2.26. The summed E-state index contributed by atoms with van der Waals surface area (Å²) in [6, 6.07) is 8.87. The summed E-state index contributed by atoms with van der Waals surface area (Å²) in [6.45, 7) is 0. The van der Waals surface area contributed by atoms with E-state index in [0.717, 1.165) is 0 Å². The number of carboxylic acid groups (broad SMARTS) is 1. The first-order valence-corrected chi connectivity index (χ1v) is 5.12. The standard InChI is InChI=1S/C12H7ClFNO2/c13-8-4-1-3-7(11(8)14)9-5-2-6-10(15-9)12(16)17/h1-6H,(H,16,17). The van der Waals surface area contributed by atoms with Crippen LogP contribution < -0.4 is 0 Å². The van der Waals surface area contributed by atoms with Crippen molar-refractivity contribution in [2.24, 2.45) is 0 Å². The van der Waals surface area contributed by atoms with Gasteiger partial charge in [-0.05, 0) is 24.3 Å². The van der Waals surface area contributed by atoms with Crippen LogP contribution in [0.2, 0.25) is 5.02 Å². The van der Waals surface area contributed by atoms with Gasteiger partial charge in [0.15, 0.2) is 5.82 Å². The Hall–Kier alpha value is -1.94. The normalized spacial score (nSPS) is 10.2. The Labute approximate surface area is 101 Å². The topological polar surface area (TPSA) is 50.2 Å². The van der Waals surface area contributed by atoms with E-state index < -0.39 is 11.8 Å². The number of aromatic carboxylic acids is 1. The van der Waals surface area contributed by atoms with Crippen molar-refractivity contribution in [3.8, 4) is 11.3 Å². The van der Waals surface area contributed by atoms with Crippen molar-refractivity contribution >= 4 is 17.6 Å². The second-order valence-corrected chi connectivity index (χ2v) is 3.72. The maximum absolute atomic E-state index is 13.7. The number of pyridine rings is 1. The molecule has 86 valence electrons. The molecule has 1 heterocycles. The third kappa shape index (κ3) is 2.26. The summed E-state index contributed by atoms with van der Waals surface area (Å²) in [4.78, 5) is 14.6. The van der Waals surface area contributed by atoms with Crippen LogP contribution in [0, 0.1) is 5.82 Å². The van der Waals surface area contributed by atoms with Gasteiger partial charge in [-0.15, -0.1) is 0 Å². The molecule has 17 heavy (non-hydrogen) atoms. The van der Waals surface area contributed by atoms with E-state index in [0.29, 0.717) is 0 Å². The SMILES string of the molecule is O=C(O)c1cccc(-c2cccc(Cl)c2F)n1. The van der Waals surface area contributed by atoms with Crippen molar-refractivity contribution in [1.29, 1.82) is 0 Å². The molecule has 0 atom stereocenters. The average molecular weight is 252 g/mol. The third-order valence-corrected chi connectivity index (χ3v) is 2.49. The van der Waals surface area contributed by atoms with Crippen LogP contribution in [-0.2, 0) is 0 Å². The summed E-state index contributed by atoms with van der Waals surface area (Å²) < 4.78 is 13.7. The van der Waals surface area contributed by atoms with Gasteiger partial charge in [-0.3, -0.25) is 0 Å². The van der Waals surface area contributed by atoms with Crippen LogP contribution in [0.1, 0.15) is 10.5 Å². The summed E-state index contributed by atoms with van der Waals surface area (Å²) in [7, 11) is 0. The molecule has 0 bridgehead atoms. The Morgan fingerprint density at radius 1 is 1.24 bits per heavy atom. The summed E-state index contributed by atoms with van der Waals surface area (Å²) in [6.07, 6.45) is 0. The number of nitrogens with zero attached hydrogens (tertiary/aromatic N) is 1. The molecule has 2 rings (SSSR count). The van der Waals surface area contributed by atoms with E-state index in [9.17, 15) is 9.18 Å². The minimum absolute atomic E-state index is 0.0231. The number of hydrogen-bond acceptors (Lipinski definition) is 2. The van der Waals surface area contributed by atoms with Crippen molar-refractivity contribution in [2.45, 2.75) is 0 Å². The molecule has 3 nitrogen and oxygen atoms in total. The fourth-order valence-corrected chi connectivity index (χ4v) is 1.58. The zero-order valence-electron chi connectivity index (χ0n) is 8.52. The van der Waals surface area contributed by atoms with Gasteiger partial charge in [0.2, 0.25) is 0 Å². The van der Waals surface area contributed by atoms with Crippen LogP contribution in [0.3, 0.4) is 0 Å². The molecule has 0 aliphatic heterocycles. The molecule has 5 heteroatoms. The van der Waals surface area contributed by atoms with Crippen LogP contribution in [-0.4, -0.2) is 16.1 Å². The lowest BCUT2D eigenvalue weighted by atomic mass is 10.1. The molecular weight excluding hydrogens is 245 g/mol. The molecule has 1 N–H and O–H groups in total. The van der Waals surface area contributed by atoms with E-state index in [2.05, 4.69) is 4.98 Å². The third-order valence-electron chi connectivity index (χ3n) is 2.20. The molecule has 0 saturated carbocycles. The van der Waals surface area contributed by atoms with Gasteiger partial charge in [0, 0.05) is 5.56 Å². The number of rotatable bonds is 2. The number of carboxylic acids is 1. The molecule has 2 aromatic rings. The number of benzene rings is 1. The summed E-state index contributed by atoms with van der Waals surface area (Å²) in [5.41, 5.74) is 0.285. The molecule has 1 aromatic carbocycles. The first-order chi connectivity index (χ1) is 8.09. The summed E-state index contributed by atoms with van der Waals surface area (Å²) in [5, 5.41) is 8.77. The van der Waals surface area contributed by atoms with E-state index in [1.165, 1.54) is 30.3 Å². The maximum atomic E-state index is 13.7. The second-order valence-electron chi connectivity index (χ2n) is 3.31. The van der Waals surface area contributed by atoms with E-state index in [4.69, 9.17) is 16.7 Å². The number of carbonyl (C=O) groups is 1. The first kappa shape index (κ1) is 11.5. The van der Waals surface area contributed by atoms with E-state index >= 15 is 0 Å². The van der Waals surface area contributed by atoms with Crippen molar-refractivity contribution < 1.29 is 14.3 Å². The Balaban J connectivity index is 2.57. The van der Waals surface area contributed by atoms with Crippen LogP contribution >= 0.6 is 11.6 Å². The lowest BCUT2D eigenvalue weighted by molar-refractivity contribution is 0.0690. The fourth-order valence-electron chi connectivity index (χ4n) is 1.41. The first-order valence-electron chi connectivity index (χ1n) is 4.74. The molecule has 0 amide bonds. The van der Waals surface area contributed by atoms with Gasteiger partial charge in [0.1, 0.15) is 5.69 Å². The van der Waals surface area contributed by atoms with Crippen molar-refractivity contribution in [2.75, 3.05) is 0 Å². The van der Waals surface area contributed by atoms with E-state index in [1.807, 2.05) is 0 Å². The predicted molar refractivity (Wildman–Crippen MR) is 61.6 cm³/mol. The zero-order chi connectivity index (χ0) is 12.4. The Bertz CT molecular complexity index is 586. The van der Waals surface area contributed by atoms with Gasteiger partial charge >= 0.3 is 5.97 Å². The van der Waals surface area contributed by atoms with Crippen LogP contribution in [0.25, 0.3) is 11.3 Å². The smallest absolute Gasteiger partial charge is 0.354 e. The quantitative estimate of drug-likeness (QED) is 0.891. The van der Waals surface area contributed by atoms with E-state index in [-0.39, 0.29) is 22.0 Å². The molecule has 1 aromatic heterocycles. The molecular formula is C12H7ClFNO2. The van der Waals surface area contributed by atoms with Crippen LogP contribution in [0.15, 0.2) is 36.4 Å². The van der Waals surface area contributed by atoms with Crippen molar-refractivity contribution in [3.05, 3.63) is 52.9 Å². The zero-order valence-corrected chi connectivity index (χ0v) is 9.28. The molecule has 0 aliphatic rings. The predicted octanol–water partition coefficient (Wildman–Crippen LogP) is 3.24. The number of hydrogen-bond donors (Lipinski definition) is 1. The highest BCUT2D eigenvalue weighted by Gasteiger charge is 2.11. The van der Waals surface area contributed by atoms with Gasteiger partial charge in [0.05, 0.1) is 10.7 Å². The lowest BCUT2D eigenvalue weighted by Crippen LogP contribution is -2.01. The Kier molecular flexibility index (Phi) is 3.06. The minimum Gasteiger partial charge on any atom is -0.477 e. The van der Waals surface area contributed by atoms with Crippen molar-refractivity contribution in [1.82, 2.24) is 4.98 Å².